The summed E-state index contributed by atoms with van der Waals surface area (Å²) in [5.41, 5.74) is 0. The van der Waals surface area contributed by atoms with Crippen LogP contribution in [0.3, 0.4) is 0 Å². The average Bonchev–Trinajstić information content (AvgIpc) is 2.56. The minimum Gasteiger partial charge on any atom is -0.374 e. The molecule has 0 atom stereocenters. The molecule has 0 bridgehead atoms. The zero-order valence-corrected chi connectivity index (χ0v) is 11.8. The van der Waals surface area contributed by atoms with Gasteiger partial charge >= 0.3 is 0 Å². The van der Waals surface area contributed by atoms with Crippen molar-refractivity contribution in [2.24, 2.45) is 4.99 Å². The molecule has 0 aromatic carbocycles. The van der Waals surface area contributed by atoms with Crippen molar-refractivity contribution in [2.45, 2.75) is 58.4 Å². The fourth-order valence-corrected chi connectivity index (χ4v) is 2.00. The van der Waals surface area contributed by atoms with Crippen LogP contribution in [-0.4, -0.2) is 43.5 Å². The molecule has 0 unspecified atom stereocenters. The van der Waals surface area contributed by atoms with E-state index in [4.69, 9.17) is 0 Å². The lowest BCUT2D eigenvalue weighted by Gasteiger charge is -2.20. The van der Waals surface area contributed by atoms with Crippen molar-refractivity contribution in [3.05, 3.63) is 0 Å². The van der Waals surface area contributed by atoms with Crippen molar-refractivity contribution in [1.29, 1.82) is 0 Å². The van der Waals surface area contributed by atoms with Crippen LogP contribution in [0.5, 0.6) is 0 Å². The van der Waals surface area contributed by atoms with Gasteiger partial charge < -0.3 is 10.2 Å². The number of hydrogen-bond donors (Lipinski definition) is 1. The van der Waals surface area contributed by atoms with Gasteiger partial charge in [0, 0.05) is 25.6 Å². The van der Waals surface area contributed by atoms with Crippen LogP contribution in [0.25, 0.3) is 0 Å². The lowest BCUT2D eigenvalue weighted by atomic mass is 10.2. The Kier molecular flexibility index (Phi) is 7.25. The Hall–Kier alpha value is -0.570. The maximum Gasteiger partial charge on any atom is 0.0963 e. The van der Waals surface area contributed by atoms with Crippen LogP contribution >= 0.6 is 0 Å². The van der Waals surface area contributed by atoms with Gasteiger partial charge in [0.1, 0.15) is 0 Å². The molecule has 0 amide bonds. The van der Waals surface area contributed by atoms with Crippen LogP contribution in [-0.2, 0) is 0 Å². The first-order chi connectivity index (χ1) is 8.20. The number of hydrogen-bond acceptors (Lipinski definition) is 3. The molecule has 0 radical (unpaired) electrons. The average molecular weight is 239 g/mol. The molecule has 1 rings (SSSR count). The summed E-state index contributed by atoms with van der Waals surface area (Å²) in [4.78, 5) is 6.99. The molecule has 1 aliphatic heterocycles. The fraction of sp³-hybridized carbons (Fsp3) is 0.929. The second-order valence-electron chi connectivity index (χ2n) is 5.35. The molecule has 0 aromatic heterocycles. The first-order valence-electron chi connectivity index (χ1n) is 7.17. The van der Waals surface area contributed by atoms with E-state index in [9.17, 15) is 0 Å². The van der Waals surface area contributed by atoms with Crippen LogP contribution in [0.15, 0.2) is 4.99 Å². The van der Waals surface area contributed by atoms with Gasteiger partial charge in [0.05, 0.1) is 5.84 Å². The third-order valence-corrected chi connectivity index (χ3v) is 3.52. The highest BCUT2D eigenvalue weighted by Gasteiger charge is 2.04. The molecule has 0 saturated heterocycles. The van der Waals surface area contributed by atoms with Crippen molar-refractivity contribution in [2.75, 3.05) is 26.7 Å². The predicted molar refractivity (Wildman–Crippen MR) is 75.8 cm³/mol. The lowest BCUT2D eigenvalue weighted by Crippen LogP contribution is -2.29. The van der Waals surface area contributed by atoms with Gasteiger partial charge in [-0.15, -0.1) is 0 Å². The minimum absolute atomic E-state index is 0.661. The van der Waals surface area contributed by atoms with E-state index in [2.05, 4.69) is 36.1 Å². The maximum absolute atomic E-state index is 4.58. The summed E-state index contributed by atoms with van der Waals surface area (Å²) >= 11 is 0. The molecule has 0 fully saturated rings. The third-order valence-electron chi connectivity index (χ3n) is 3.52. The summed E-state index contributed by atoms with van der Waals surface area (Å²) < 4.78 is 0. The molecule has 100 valence electrons. The highest BCUT2D eigenvalue weighted by Crippen LogP contribution is 2.06. The summed E-state index contributed by atoms with van der Waals surface area (Å²) in [7, 11) is 2.20. The van der Waals surface area contributed by atoms with Crippen molar-refractivity contribution >= 4 is 5.84 Å². The Morgan fingerprint density at radius 2 is 2.06 bits per heavy atom. The largest absolute Gasteiger partial charge is 0.374 e. The normalized spacial score (nSPS) is 17.1. The molecule has 0 saturated carbocycles. The van der Waals surface area contributed by atoms with Gasteiger partial charge in [-0.05, 0) is 53.1 Å². The zero-order valence-electron chi connectivity index (χ0n) is 11.8. The highest BCUT2D eigenvalue weighted by atomic mass is 15.1. The monoisotopic (exact) mass is 239 g/mol. The van der Waals surface area contributed by atoms with Crippen molar-refractivity contribution in [1.82, 2.24) is 10.2 Å². The molecule has 1 heterocycles. The minimum atomic E-state index is 0.661. The van der Waals surface area contributed by atoms with E-state index in [1.807, 2.05) is 0 Å². The van der Waals surface area contributed by atoms with Crippen LogP contribution in [0, 0.1) is 0 Å². The smallest absolute Gasteiger partial charge is 0.0963 e. The topological polar surface area (TPSA) is 27.6 Å². The van der Waals surface area contributed by atoms with Crippen LogP contribution < -0.4 is 5.32 Å². The summed E-state index contributed by atoms with van der Waals surface area (Å²) in [6.07, 6.45) is 7.59. The van der Waals surface area contributed by atoms with Gasteiger partial charge in [0.15, 0.2) is 0 Å². The Morgan fingerprint density at radius 1 is 1.24 bits per heavy atom. The quantitative estimate of drug-likeness (QED) is 0.722. The second-order valence-corrected chi connectivity index (χ2v) is 5.35. The van der Waals surface area contributed by atoms with Gasteiger partial charge in [-0.3, -0.25) is 4.99 Å². The van der Waals surface area contributed by atoms with Gasteiger partial charge in [-0.2, -0.15) is 0 Å². The van der Waals surface area contributed by atoms with Gasteiger partial charge in [0.2, 0.25) is 0 Å². The van der Waals surface area contributed by atoms with Crippen molar-refractivity contribution in [3.8, 4) is 0 Å². The molecule has 0 spiro atoms. The number of rotatable bonds is 6. The van der Waals surface area contributed by atoms with Crippen molar-refractivity contribution < 1.29 is 0 Å². The van der Waals surface area contributed by atoms with E-state index in [1.165, 1.54) is 44.5 Å². The van der Waals surface area contributed by atoms with Crippen LogP contribution in [0.1, 0.15) is 52.4 Å². The molecule has 1 aliphatic rings. The van der Waals surface area contributed by atoms with Crippen LogP contribution in [0.4, 0.5) is 0 Å². The molecule has 3 nitrogen and oxygen atoms in total. The second kappa shape index (κ2) is 8.51. The molecular formula is C14H29N3. The summed E-state index contributed by atoms with van der Waals surface area (Å²) in [6, 6.07) is 0.661. The molecule has 0 aliphatic carbocycles. The van der Waals surface area contributed by atoms with Crippen molar-refractivity contribution in [3.63, 3.8) is 0 Å². The lowest BCUT2D eigenvalue weighted by molar-refractivity contribution is 0.268. The first kappa shape index (κ1) is 14.5. The Bertz CT molecular complexity index is 224. The predicted octanol–water partition coefficient (Wildman–Crippen LogP) is 2.67. The third kappa shape index (κ3) is 6.67. The maximum atomic E-state index is 4.58. The zero-order chi connectivity index (χ0) is 12.5. The first-order valence-corrected chi connectivity index (χ1v) is 7.17. The SMILES string of the molecule is CC(C)N(C)CCCCNC1=NCCCCC1. The molecule has 3 heteroatoms. The number of amidine groups is 1. The van der Waals surface area contributed by atoms with E-state index in [0.717, 1.165) is 19.5 Å². The Morgan fingerprint density at radius 3 is 2.82 bits per heavy atom. The van der Waals surface area contributed by atoms with Gasteiger partial charge in [-0.25, -0.2) is 0 Å². The number of nitrogens with one attached hydrogen (secondary N) is 1. The summed E-state index contributed by atoms with van der Waals surface area (Å²) in [5.74, 6) is 1.25. The van der Waals surface area contributed by atoms with E-state index in [-0.39, 0.29) is 0 Å². The summed E-state index contributed by atoms with van der Waals surface area (Å²) in [6.45, 7) is 7.81. The number of nitrogens with zero attached hydrogens (tertiary/aromatic N) is 2. The number of unbranched alkanes of at least 4 members (excludes halogenated alkanes) is 1. The van der Waals surface area contributed by atoms with E-state index in [1.54, 1.807) is 0 Å². The molecule has 0 aromatic rings. The highest BCUT2D eigenvalue weighted by molar-refractivity contribution is 5.82. The standard InChI is InChI=1S/C14H29N3/c1-13(2)17(3)12-8-7-11-16-14-9-5-4-6-10-15-14/h13H,4-12H2,1-3H3,(H,15,16). The van der Waals surface area contributed by atoms with E-state index < -0.39 is 0 Å². The van der Waals surface area contributed by atoms with Gasteiger partial charge in [0.25, 0.3) is 0 Å². The van der Waals surface area contributed by atoms with E-state index >= 15 is 0 Å². The molecule has 1 N–H and O–H groups in total. The van der Waals surface area contributed by atoms with Gasteiger partial charge in [-0.1, -0.05) is 6.42 Å². The summed E-state index contributed by atoms with van der Waals surface area (Å²) in [5, 5.41) is 3.50. The Balaban J connectivity index is 2.01. The molecular weight excluding hydrogens is 210 g/mol. The molecule has 17 heavy (non-hydrogen) atoms. The Labute approximate surface area is 107 Å². The van der Waals surface area contributed by atoms with Crippen LogP contribution in [0.2, 0.25) is 0 Å². The fourth-order valence-electron chi connectivity index (χ4n) is 2.00. The van der Waals surface area contributed by atoms with E-state index in [0.29, 0.717) is 6.04 Å². The number of aliphatic imine (C=N–C) groups is 1.